The smallest absolute Gasteiger partial charge is 0.152 e. The van der Waals surface area contributed by atoms with Crippen LogP contribution in [-0.2, 0) is 4.74 Å². The number of nitrogens with one attached hydrogen (secondary N) is 1. The van der Waals surface area contributed by atoms with Crippen molar-refractivity contribution in [3.63, 3.8) is 0 Å². The van der Waals surface area contributed by atoms with E-state index in [-0.39, 0.29) is 24.9 Å². The van der Waals surface area contributed by atoms with Crippen LogP contribution < -0.4 is 5.32 Å². The van der Waals surface area contributed by atoms with Gasteiger partial charge in [0, 0.05) is 6.54 Å². The Balaban J connectivity index is 2.43. The minimum atomic E-state index is -0.820. The highest BCUT2D eigenvalue weighted by atomic mass is 19.1. The lowest BCUT2D eigenvalue weighted by atomic mass is 10.1. The topological polar surface area (TPSA) is 41.5 Å². The molecule has 0 spiro atoms. The number of aliphatic hydroxyl groups is 1. The van der Waals surface area contributed by atoms with Gasteiger partial charge in [-0.1, -0.05) is 19.9 Å². The lowest BCUT2D eigenvalue weighted by Crippen LogP contribution is -2.28. The fourth-order valence-electron chi connectivity index (χ4n) is 2.10. The van der Waals surface area contributed by atoms with Crippen molar-refractivity contribution >= 4 is 5.69 Å². The summed E-state index contributed by atoms with van der Waals surface area (Å²) < 4.78 is 32.8. The summed E-state index contributed by atoms with van der Waals surface area (Å²) in [6.07, 6.45) is 0.132. The van der Waals surface area contributed by atoms with E-state index in [0.717, 1.165) is 6.42 Å². The van der Waals surface area contributed by atoms with Gasteiger partial charge in [-0.05, 0) is 37.8 Å². The first kappa shape index (κ1) is 17.9. The van der Waals surface area contributed by atoms with Gasteiger partial charge in [-0.2, -0.15) is 0 Å². The molecular formula is C16H25F2NO2. The molecule has 0 saturated carbocycles. The largest absolute Gasteiger partial charge is 0.389 e. The number of ether oxygens (including phenoxy) is 1. The molecule has 0 aliphatic rings. The molecule has 0 aliphatic heterocycles. The number of hydrogen-bond donors (Lipinski definition) is 2. The standard InChI is InChI=1S/C16H25F2NO2/c1-10(2)7-12(4)21-9-13(20)8-19-16-14(17)6-5-11(3)15(16)18/h5-6,10,12-13,19-20H,7-9H2,1-4H3. The molecule has 2 atom stereocenters. The van der Waals surface area contributed by atoms with Crippen LogP contribution in [0.3, 0.4) is 0 Å². The molecule has 120 valence electrons. The van der Waals surface area contributed by atoms with Crippen LogP contribution in [0.5, 0.6) is 0 Å². The molecular weight excluding hydrogens is 276 g/mol. The first-order valence-electron chi connectivity index (χ1n) is 7.29. The van der Waals surface area contributed by atoms with Crippen LogP contribution in [0.4, 0.5) is 14.5 Å². The molecule has 2 unspecified atom stereocenters. The van der Waals surface area contributed by atoms with Crippen molar-refractivity contribution in [2.45, 2.75) is 46.3 Å². The van der Waals surface area contributed by atoms with E-state index in [1.54, 1.807) is 6.92 Å². The quantitative estimate of drug-likeness (QED) is 0.772. The van der Waals surface area contributed by atoms with E-state index in [1.165, 1.54) is 12.1 Å². The van der Waals surface area contributed by atoms with E-state index in [1.807, 2.05) is 6.92 Å². The summed E-state index contributed by atoms with van der Waals surface area (Å²) in [4.78, 5) is 0. The first-order chi connectivity index (χ1) is 9.81. The molecule has 3 nitrogen and oxygen atoms in total. The van der Waals surface area contributed by atoms with E-state index in [0.29, 0.717) is 11.5 Å². The van der Waals surface area contributed by atoms with Crippen LogP contribution in [0.1, 0.15) is 32.8 Å². The van der Waals surface area contributed by atoms with Gasteiger partial charge in [0.1, 0.15) is 11.5 Å². The van der Waals surface area contributed by atoms with E-state index in [2.05, 4.69) is 19.2 Å². The van der Waals surface area contributed by atoms with Crippen LogP contribution >= 0.6 is 0 Å². The molecule has 0 heterocycles. The van der Waals surface area contributed by atoms with Crippen molar-refractivity contribution in [3.8, 4) is 0 Å². The van der Waals surface area contributed by atoms with Crippen molar-refractivity contribution in [1.82, 2.24) is 0 Å². The zero-order chi connectivity index (χ0) is 16.0. The number of hydrogen-bond acceptors (Lipinski definition) is 3. The fourth-order valence-corrected chi connectivity index (χ4v) is 2.10. The summed E-state index contributed by atoms with van der Waals surface area (Å²) in [6.45, 7) is 7.87. The van der Waals surface area contributed by atoms with Gasteiger partial charge in [-0.3, -0.25) is 0 Å². The molecule has 0 amide bonds. The van der Waals surface area contributed by atoms with Gasteiger partial charge < -0.3 is 15.2 Å². The zero-order valence-electron chi connectivity index (χ0n) is 13.1. The third-order valence-corrected chi connectivity index (χ3v) is 3.18. The molecule has 0 aromatic heterocycles. The second kappa shape index (κ2) is 8.29. The fraction of sp³-hybridized carbons (Fsp3) is 0.625. The summed E-state index contributed by atoms with van der Waals surface area (Å²) in [6, 6.07) is 2.58. The van der Waals surface area contributed by atoms with Gasteiger partial charge in [-0.25, -0.2) is 8.78 Å². The Morgan fingerprint density at radius 2 is 1.90 bits per heavy atom. The van der Waals surface area contributed by atoms with Gasteiger partial charge in [0.15, 0.2) is 5.82 Å². The zero-order valence-corrected chi connectivity index (χ0v) is 13.1. The molecule has 0 saturated heterocycles. The minimum Gasteiger partial charge on any atom is -0.389 e. The Bertz CT molecular complexity index is 452. The number of benzene rings is 1. The van der Waals surface area contributed by atoms with Crippen molar-refractivity contribution in [2.75, 3.05) is 18.5 Å². The molecule has 1 aromatic rings. The van der Waals surface area contributed by atoms with Crippen LogP contribution in [0.15, 0.2) is 12.1 Å². The van der Waals surface area contributed by atoms with Crippen LogP contribution in [0.2, 0.25) is 0 Å². The van der Waals surface area contributed by atoms with Crippen LogP contribution in [-0.4, -0.2) is 30.5 Å². The predicted molar refractivity (Wildman–Crippen MR) is 80.5 cm³/mol. The average Bonchev–Trinajstić information content (AvgIpc) is 2.40. The van der Waals surface area contributed by atoms with E-state index >= 15 is 0 Å². The van der Waals surface area contributed by atoms with Gasteiger partial charge in [-0.15, -0.1) is 0 Å². The van der Waals surface area contributed by atoms with Crippen molar-refractivity contribution in [1.29, 1.82) is 0 Å². The van der Waals surface area contributed by atoms with Crippen molar-refractivity contribution in [3.05, 3.63) is 29.3 Å². The molecule has 0 fully saturated rings. The third-order valence-electron chi connectivity index (χ3n) is 3.18. The second-order valence-corrected chi connectivity index (χ2v) is 5.86. The van der Waals surface area contributed by atoms with Crippen molar-refractivity contribution < 1.29 is 18.6 Å². The van der Waals surface area contributed by atoms with E-state index in [9.17, 15) is 13.9 Å². The SMILES string of the molecule is Cc1ccc(F)c(NCC(O)COC(C)CC(C)C)c1F. The molecule has 21 heavy (non-hydrogen) atoms. The molecule has 1 rings (SSSR count). The minimum absolute atomic E-state index is 0.0334. The number of rotatable bonds is 8. The number of halogens is 2. The number of aliphatic hydroxyl groups excluding tert-OH is 1. The highest BCUT2D eigenvalue weighted by Gasteiger charge is 2.14. The predicted octanol–water partition coefficient (Wildman–Crippen LogP) is 3.50. The maximum atomic E-state index is 13.8. The Hall–Kier alpha value is -1.20. The van der Waals surface area contributed by atoms with E-state index < -0.39 is 17.7 Å². The molecule has 0 aliphatic carbocycles. The lowest BCUT2D eigenvalue weighted by Gasteiger charge is -2.19. The average molecular weight is 301 g/mol. The van der Waals surface area contributed by atoms with Gasteiger partial charge in [0.25, 0.3) is 0 Å². The Morgan fingerprint density at radius 1 is 1.24 bits per heavy atom. The highest BCUT2D eigenvalue weighted by molar-refractivity contribution is 5.48. The normalized spacial score (nSPS) is 14.3. The molecule has 1 aromatic carbocycles. The number of anilines is 1. The summed E-state index contributed by atoms with van der Waals surface area (Å²) in [5, 5.41) is 12.4. The maximum absolute atomic E-state index is 13.8. The van der Waals surface area contributed by atoms with E-state index in [4.69, 9.17) is 4.74 Å². The van der Waals surface area contributed by atoms with Gasteiger partial charge in [0.2, 0.25) is 0 Å². The summed E-state index contributed by atoms with van der Waals surface area (Å²) in [7, 11) is 0. The third kappa shape index (κ3) is 5.98. The number of aryl methyl sites for hydroxylation is 1. The first-order valence-corrected chi connectivity index (χ1v) is 7.29. The lowest BCUT2D eigenvalue weighted by molar-refractivity contribution is -0.00447. The molecule has 0 radical (unpaired) electrons. The van der Waals surface area contributed by atoms with Gasteiger partial charge in [0.05, 0.1) is 18.8 Å². The van der Waals surface area contributed by atoms with Gasteiger partial charge >= 0.3 is 0 Å². The highest BCUT2D eigenvalue weighted by Crippen LogP contribution is 2.21. The Labute approximate surface area is 125 Å². The Kier molecular flexibility index (Phi) is 7.05. The summed E-state index contributed by atoms with van der Waals surface area (Å²) >= 11 is 0. The molecule has 2 N–H and O–H groups in total. The molecule has 5 heteroatoms. The monoisotopic (exact) mass is 301 g/mol. The second-order valence-electron chi connectivity index (χ2n) is 5.86. The van der Waals surface area contributed by atoms with Crippen LogP contribution in [0.25, 0.3) is 0 Å². The van der Waals surface area contributed by atoms with Crippen molar-refractivity contribution in [2.24, 2.45) is 5.92 Å². The molecule has 0 bridgehead atoms. The maximum Gasteiger partial charge on any atom is 0.152 e. The Morgan fingerprint density at radius 3 is 2.52 bits per heavy atom. The van der Waals surface area contributed by atoms with Crippen LogP contribution in [0, 0.1) is 24.5 Å². The summed E-state index contributed by atoms with van der Waals surface area (Å²) in [5.74, 6) is -0.776. The summed E-state index contributed by atoms with van der Waals surface area (Å²) in [5.41, 5.74) is 0.152.